The summed E-state index contributed by atoms with van der Waals surface area (Å²) in [6, 6.07) is 6.39. The molecule has 3 N–H and O–H groups in total. The molecule has 226 valence electrons. The first-order valence-electron chi connectivity index (χ1n) is 12.4. The van der Waals surface area contributed by atoms with Crippen LogP contribution in [0.4, 0.5) is 0 Å². The Morgan fingerprint density at radius 1 is 0.929 bits per heavy atom. The summed E-state index contributed by atoms with van der Waals surface area (Å²) < 4.78 is 32.2. The third kappa shape index (κ3) is 8.01. The molecule has 0 saturated carbocycles. The fourth-order valence-corrected chi connectivity index (χ4v) is 4.31. The number of benzene rings is 1. The van der Waals surface area contributed by atoms with E-state index in [1.54, 1.807) is 18.2 Å². The predicted molar refractivity (Wildman–Crippen MR) is 147 cm³/mol. The molecule has 42 heavy (non-hydrogen) atoms. The minimum atomic E-state index is -1.41. The van der Waals surface area contributed by atoms with E-state index < -0.39 is 66.8 Å². The molecule has 0 aliphatic carbocycles. The highest BCUT2D eigenvalue weighted by Gasteiger charge is 2.52. The fraction of sp³-hybridized carbons (Fsp3) is 0.423. The Balaban J connectivity index is 1.89. The number of aromatic hydroxyl groups is 1. The van der Waals surface area contributed by atoms with Gasteiger partial charge in [0.2, 0.25) is 0 Å². The molecule has 1 saturated heterocycles. The maximum absolute atomic E-state index is 12.5. The quantitative estimate of drug-likeness (QED) is 0.0948. The smallest absolute Gasteiger partial charge is 0.349 e. The Bertz CT molecular complexity index is 1470. The van der Waals surface area contributed by atoms with Crippen molar-refractivity contribution in [3.63, 3.8) is 0 Å². The molecule has 0 unspecified atom stereocenters. The van der Waals surface area contributed by atoms with Gasteiger partial charge in [-0.3, -0.25) is 24.6 Å². The number of carbonyl (C=O) groups is 4. The molecule has 1 aliphatic rings. The van der Waals surface area contributed by atoms with Gasteiger partial charge < -0.3 is 38.5 Å². The van der Waals surface area contributed by atoms with E-state index in [1.165, 1.54) is 13.0 Å². The number of esters is 4. The average Bonchev–Trinajstić information content (AvgIpc) is 2.89. The number of rotatable bonds is 8. The summed E-state index contributed by atoms with van der Waals surface area (Å²) in [5.41, 5.74) is 1.63. The van der Waals surface area contributed by atoms with Gasteiger partial charge in [0.25, 0.3) is 0 Å². The molecule has 1 aromatic carbocycles. The number of nitrogens with one attached hydrogen (secondary N) is 2. The van der Waals surface area contributed by atoms with Crippen LogP contribution >= 0.6 is 12.2 Å². The van der Waals surface area contributed by atoms with Crippen molar-refractivity contribution in [2.75, 3.05) is 6.61 Å². The second kappa shape index (κ2) is 13.9. The van der Waals surface area contributed by atoms with Gasteiger partial charge >= 0.3 is 29.5 Å². The summed E-state index contributed by atoms with van der Waals surface area (Å²) in [4.78, 5) is 59.8. The average molecular weight is 608 g/mol. The normalized spacial score (nSPS) is 22.0. The van der Waals surface area contributed by atoms with E-state index >= 15 is 0 Å². The van der Waals surface area contributed by atoms with Gasteiger partial charge in [0.05, 0.1) is 11.1 Å². The Hall–Kier alpha value is -4.57. The third-order valence-corrected chi connectivity index (χ3v) is 5.95. The predicted octanol–water partition coefficient (Wildman–Crippen LogP) is 0.770. The first-order valence-corrected chi connectivity index (χ1v) is 12.9. The van der Waals surface area contributed by atoms with Gasteiger partial charge in [-0.15, -0.1) is 0 Å². The minimum absolute atomic E-state index is 0.0118. The van der Waals surface area contributed by atoms with Crippen LogP contribution in [0, 0.1) is 0 Å². The SMILES string of the molecule is CC(=O)OC[C@H]1O[C@@H](NC(=S)N/N=C(\C)c2c(O)c3ccccc3oc2=O)[C@H](OC(C)=O)[C@@H](OC(C)=O)[C@H]1OC(C)=O. The summed E-state index contributed by atoms with van der Waals surface area (Å²) in [7, 11) is 0. The fourth-order valence-electron chi connectivity index (χ4n) is 4.15. The van der Waals surface area contributed by atoms with Gasteiger partial charge in [0.15, 0.2) is 29.7 Å². The standard InChI is InChI=1S/C26H29N3O12S/c1-11(19-20(34)16-8-6-7-9-17(16)41-25(19)35)28-29-26(42)27-24-23(39-15(5)33)22(38-14(4)32)21(37-13(3)31)18(40-24)10-36-12(2)30/h6-9,18,21-24,34H,10H2,1-5H3,(H2,27,29,42)/b28-11+/t18-,21+,22+,23-,24-/m1/s1. The maximum Gasteiger partial charge on any atom is 0.349 e. The largest absolute Gasteiger partial charge is 0.506 e. The zero-order valence-corrected chi connectivity index (χ0v) is 24.0. The van der Waals surface area contributed by atoms with Crippen LogP contribution < -0.4 is 16.4 Å². The monoisotopic (exact) mass is 607 g/mol. The van der Waals surface area contributed by atoms with Gasteiger partial charge in [0, 0.05) is 27.7 Å². The molecule has 1 aromatic heterocycles. The molecule has 0 amide bonds. The van der Waals surface area contributed by atoms with Crippen LogP contribution in [-0.2, 0) is 42.9 Å². The van der Waals surface area contributed by atoms with Crippen molar-refractivity contribution in [2.45, 2.75) is 65.3 Å². The Kier molecular flexibility index (Phi) is 10.5. The Morgan fingerprint density at radius 2 is 1.52 bits per heavy atom. The van der Waals surface area contributed by atoms with Gasteiger partial charge in [-0.1, -0.05) is 12.1 Å². The van der Waals surface area contributed by atoms with E-state index in [-0.39, 0.29) is 27.7 Å². The van der Waals surface area contributed by atoms with Crippen LogP contribution in [0.25, 0.3) is 11.0 Å². The van der Waals surface area contributed by atoms with E-state index in [0.717, 1.165) is 27.7 Å². The molecule has 15 nitrogen and oxygen atoms in total. The number of nitrogens with zero attached hydrogens (tertiary/aromatic N) is 1. The second-order valence-electron chi connectivity index (χ2n) is 9.01. The summed E-state index contributed by atoms with van der Waals surface area (Å²) in [6.07, 6.45) is -6.70. The van der Waals surface area contributed by atoms with Crippen molar-refractivity contribution in [3.8, 4) is 5.75 Å². The first kappa shape index (κ1) is 32.0. The number of carbonyl (C=O) groups excluding carboxylic acids is 4. The molecule has 1 fully saturated rings. The Labute approximate surface area is 244 Å². The van der Waals surface area contributed by atoms with Gasteiger partial charge in [-0.2, -0.15) is 5.10 Å². The summed E-state index contributed by atoms with van der Waals surface area (Å²) in [5, 5.41) is 17.5. The van der Waals surface area contributed by atoms with Crippen molar-refractivity contribution in [3.05, 3.63) is 40.2 Å². The van der Waals surface area contributed by atoms with Gasteiger partial charge in [-0.05, 0) is 31.3 Å². The van der Waals surface area contributed by atoms with E-state index in [0.29, 0.717) is 5.39 Å². The molecule has 5 atom stereocenters. The third-order valence-electron chi connectivity index (χ3n) is 5.74. The van der Waals surface area contributed by atoms with E-state index in [1.807, 2.05) is 0 Å². The van der Waals surface area contributed by atoms with Crippen LogP contribution in [0.3, 0.4) is 0 Å². The van der Waals surface area contributed by atoms with Crippen molar-refractivity contribution in [1.29, 1.82) is 0 Å². The highest BCUT2D eigenvalue weighted by Crippen LogP contribution is 2.29. The highest BCUT2D eigenvalue weighted by molar-refractivity contribution is 7.80. The number of para-hydroxylation sites is 1. The van der Waals surface area contributed by atoms with Crippen molar-refractivity contribution < 1.29 is 52.4 Å². The van der Waals surface area contributed by atoms with Crippen molar-refractivity contribution in [1.82, 2.24) is 10.7 Å². The van der Waals surface area contributed by atoms with Crippen LogP contribution in [0.15, 0.2) is 38.6 Å². The number of hydrogen-bond acceptors (Lipinski definition) is 14. The van der Waals surface area contributed by atoms with Crippen LogP contribution in [-0.4, -0.2) is 77.1 Å². The molecule has 3 rings (SSSR count). The topological polar surface area (TPSA) is 201 Å². The molecule has 0 spiro atoms. The molecular formula is C26H29N3O12S. The summed E-state index contributed by atoms with van der Waals surface area (Å²) in [6.45, 7) is 5.44. The molecular weight excluding hydrogens is 578 g/mol. The van der Waals surface area contributed by atoms with E-state index in [4.69, 9.17) is 40.3 Å². The molecule has 2 heterocycles. The lowest BCUT2D eigenvalue weighted by atomic mass is 9.97. The first-order chi connectivity index (χ1) is 19.8. The van der Waals surface area contributed by atoms with Crippen molar-refractivity contribution in [2.24, 2.45) is 5.10 Å². The molecule has 1 aliphatic heterocycles. The number of thiocarbonyl (C=S) groups is 1. The summed E-state index contributed by atoms with van der Waals surface area (Å²) >= 11 is 5.29. The zero-order chi connectivity index (χ0) is 31.1. The van der Waals surface area contributed by atoms with Crippen LogP contribution in [0.5, 0.6) is 5.75 Å². The maximum atomic E-state index is 12.5. The number of hydrogen-bond donors (Lipinski definition) is 3. The van der Waals surface area contributed by atoms with Crippen molar-refractivity contribution >= 4 is 57.9 Å². The van der Waals surface area contributed by atoms with Gasteiger partial charge in [-0.25, -0.2) is 4.79 Å². The number of fused-ring (bicyclic) bond motifs is 1. The molecule has 2 aromatic rings. The van der Waals surface area contributed by atoms with E-state index in [9.17, 15) is 29.1 Å². The second-order valence-corrected chi connectivity index (χ2v) is 9.42. The molecule has 0 bridgehead atoms. The van der Waals surface area contributed by atoms with Gasteiger partial charge in [0.1, 0.15) is 29.6 Å². The highest BCUT2D eigenvalue weighted by atomic mass is 32.1. The van der Waals surface area contributed by atoms with E-state index in [2.05, 4.69) is 15.8 Å². The zero-order valence-electron chi connectivity index (χ0n) is 23.2. The minimum Gasteiger partial charge on any atom is -0.506 e. The lowest BCUT2D eigenvalue weighted by molar-refractivity contribution is -0.254. The lowest BCUT2D eigenvalue weighted by Gasteiger charge is -2.44. The molecule has 0 radical (unpaired) electrons. The van der Waals surface area contributed by atoms with Crippen LogP contribution in [0.2, 0.25) is 0 Å². The van der Waals surface area contributed by atoms with Crippen LogP contribution in [0.1, 0.15) is 40.2 Å². The summed E-state index contributed by atoms with van der Waals surface area (Å²) in [5.74, 6) is -3.37. The lowest BCUT2D eigenvalue weighted by Crippen LogP contribution is -2.66. The molecule has 16 heteroatoms. The number of hydrazone groups is 1. The number of ether oxygens (including phenoxy) is 5. The Morgan fingerprint density at radius 3 is 2.14 bits per heavy atom.